The average Bonchev–Trinajstić information content (AvgIpc) is 2.98. The molecule has 0 spiro atoms. The third kappa shape index (κ3) is 4.09. The highest BCUT2D eigenvalue weighted by Gasteiger charge is 2.10. The normalized spacial score (nSPS) is 10.7. The molecule has 1 aromatic heterocycles. The average molecular weight is 376 g/mol. The van der Waals surface area contributed by atoms with Crippen LogP contribution in [0.1, 0.15) is 12.5 Å². The van der Waals surface area contributed by atoms with Crippen molar-refractivity contribution in [1.82, 2.24) is 9.55 Å². The number of rotatable bonds is 6. The van der Waals surface area contributed by atoms with E-state index in [0.717, 1.165) is 28.5 Å². The Morgan fingerprint density at radius 3 is 2.52 bits per heavy atom. The Morgan fingerprint density at radius 2 is 1.84 bits per heavy atom. The van der Waals surface area contributed by atoms with E-state index in [-0.39, 0.29) is 0 Å². The summed E-state index contributed by atoms with van der Waals surface area (Å²) in [6, 6.07) is 13.6. The lowest BCUT2D eigenvalue weighted by molar-refractivity contribution is 0.340. The van der Waals surface area contributed by atoms with Gasteiger partial charge in [-0.2, -0.15) is 0 Å². The van der Waals surface area contributed by atoms with Gasteiger partial charge in [0, 0.05) is 19.2 Å². The standard InChI is InChI=1S/C19H19Cl2N3O/c1-3-25-15-7-4-13(5-8-15)11-22-19-23-12-18(24(19)2)14-6-9-16(20)17(21)10-14/h4-10,12H,3,11H2,1-2H3,(H,22,23). The van der Waals surface area contributed by atoms with Gasteiger partial charge in [-0.15, -0.1) is 0 Å². The number of halogens is 2. The molecule has 0 aliphatic rings. The quantitative estimate of drug-likeness (QED) is 0.626. The van der Waals surface area contributed by atoms with Crippen LogP contribution in [0.4, 0.5) is 5.95 Å². The van der Waals surface area contributed by atoms with E-state index >= 15 is 0 Å². The number of aromatic nitrogens is 2. The zero-order valence-electron chi connectivity index (χ0n) is 14.1. The predicted molar refractivity (Wildman–Crippen MR) is 104 cm³/mol. The minimum atomic E-state index is 0.532. The lowest BCUT2D eigenvalue weighted by Crippen LogP contribution is -2.05. The van der Waals surface area contributed by atoms with Gasteiger partial charge in [-0.1, -0.05) is 41.4 Å². The van der Waals surface area contributed by atoms with Crippen molar-refractivity contribution in [2.45, 2.75) is 13.5 Å². The molecule has 1 N–H and O–H groups in total. The number of nitrogens with one attached hydrogen (secondary N) is 1. The van der Waals surface area contributed by atoms with Crippen LogP contribution in [-0.2, 0) is 13.6 Å². The van der Waals surface area contributed by atoms with Crippen LogP contribution < -0.4 is 10.1 Å². The molecule has 0 atom stereocenters. The fourth-order valence-electron chi connectivity index (χ4n) is 2.55. The molecule has 1 heterocycles. The number of benzene rings is 2. The van der Waals surface area contributed by atoms with E-state index in [9.17, 15) is 0 Å². The molecule has 0 amide bonds. The van der Waals surface area contributed by atoms with E-state index < -0.39 is 0 Å². The molecule has 0 aliphatic carbocycles. The predicted octanol–water partition coefficient (Wildman–Crippen LogP) is 5.40. The van der Waals surface area contributed by atoms with Crippen molar-refractivity contribution >= 4 is 29.2 Å². The van der Waals surface area contributed by atoms with Crippen molar-refractivity contribution in [3.63, 3.8) is 0 Å². The summed E-state index contributed by atoms with van der Waals surface area (Å²) in [6.45, 7) is 3.32. The van der Waals surface area contributed by atoms with Crippen LogP contribution in [0.3, 0.4) is 0 Å². The van der Waals surface area contributed by atoms with Crippen LogP contribution in [0.25, 0.3) is 11.3 Å². The summed E-state index contributed by atoms with van der Waals surface area (Å²) in [5.41, 5.74) is 3.09. The summed E-state index contributed by atoms with van der Waals surface area (Å²) in [7, 11) is 1.96. The first kappa shape index (κ1) is 17.6. The second kappa shape index (κ2) is 7.81. The Hall–Kier alpha value is -2.17. The van der Waals surface area contributed by atoms with Gasteiger partial charge in [0.2, 0.25) is 5.95 Å². The molecule has 0 saturated heterocycles. The molecule has 2 aromatic carbocycles. The van der Waals surface area contributed by atoms with Crippen LogP contribution in [0.15, 0.2) is 48.7 Å². The molecule has 0 bridgehead atoms. The van der Waals surface area contributed by atoms with E-state index in [1.54, 1.807) is 6.07 Å². The van der Waals surface area contributed by atoms with Crippen LogP contribution >= 0.6 is 23.2 Å². The van der Waals surface area contributed by atoms with Crippen LogP contribution in [-0.4, -0.2) is 16.2 Å². The lowest BCUT2D eigenvalue weighted by atomic mass is 10.2. The molecule has 0 unspecified atom stereocenters. The van der Waals surface area contributed by atoms with Gasteiger partial charge >= 0.3 is 0 Å². The second-order valence-corrected chi connectivity index (χ2v) is 6.40. The largest absolute Gasteiger partial charge is 0.494 e. The Kier molecular flexibility index (Phi) is 5.51. The first-order valence-electron chi connectivity index (χ1n) is 8.01. The third-order valence-corrected chi connectivity index (χ3v) is 4.63. The summed E-state index contributed by atoms with van der Waals surface area (Å²) in [5, 5.41) is 4.42. The number of nitrogens with zero attached hydrogens (tertiary/aromatic N) is 2. The molecule has 6 heteroatoms. The second-order valence-electron chi connectivity index (χ2n) is 5.59. The van der Waals surface area contributed by atoms with Gasteiger partial charge in [0.05, 0.1) is 28.5 Å². The molecule has 0 radical (unpaired) electrons. The number of ether oxygens (including phenoxy) is 1. The Morgan fingerprint density at radius 1 is 1.08 bits per heavy atom. The summed E-state index contributed by atoms with van der Waals surface area (Å²) < 4.78 is 7.45. The summed E-state index contributed by atoms with van der Waals surface area (Å²) in [5.74, 6) is 1.67. The highest BCUT2D eigenvalue weighted by Crippen LogP contribution is 2.29. The molecule has 0 saturated carbocycles. The summed E-state index contributed by atoms with van der Waals surface area (Å²) in [4.78, 5) is 4.46. The maximum absolute atomic E-state index is 6.11. The smallest absolute Gasteiger partial charge is 0.203 e. The Balaban J connectivity index is 1.71. The van der Waals surface area contributed by atoms with Crippen molar-refractivity contribution in [1.29, 1.82) is 0 Å². The van der Waals surface area contributed by atoms with Crippen LogP contribution in [0, 0.1) is 0 Å². The van der Waals surface area contributed by atoms with Crippen molar-refractivity contribution in [2.75, 3.05) is 11.9 Å². The lowest BCUT2D eigenvalue weighted by Gasteiger charge is -2.10. The Labute approximate surface area is 157 Å². The van der Waals surface area contributed by atoms with E-state index in [4.69, 9.17) is 27.9 Å². The van der Waals surface area contributed by atoms with Crippen molar-refractivity contribution in [3.05, 3.63) is 64.3 Å². The fourth-order valence-corrected chi connectivity index (χ4v) is 2.85. The van der Waals surface area contributed by atoms with Gasteiger partial charge in [-0.25, -0.2) is 4.98 Å². The molecule has 3 aromatic rings. The van der Waals surface area contributed by atoms with E-state index in [0.29, 0.717) is 23.2 Å². The SMILES string of the molecule is CCOc1ccc(CNc2ncc(-c3ccc(Cl)c(Cl)c3)n2C)cc1. The first-order chi connectivity index (χ1) is 12.1. The Bertz CT molecular complexity index is 860. The van der Waals surface area contributed by atoms with Gasteiger partial charge in [-0.3, -0.25) is 0 Å². The molecule has 130 valence electrons. The van der Waals surface area contributed by atoms with Crippen LogP contribution in [0.5, 0.6) is 5.75 Å². The zero-order valence-corrected chi connectivity index (χ0v) is 15.6. The molecule has 0 fully saturated rings. The number of hydrogen-bond donors (Lipinski definition) is 1. The van der Waals surface area contributed by atoms with Crippen molar-refractivity contribution in [2.24, 2.45) is 7.05 Å². The highest BCUT2D eigenvalue weighted by molar-refractivity contribution is 6.42. The maximum atomic E-state index is 6.11. The van der Waals surface area contributed by atoms with Gasteiger partial charge in [0.25, 0.3) is 0 Å². The van der Waals surface area contributed by atoms with E-state index in [1.807, 2.05) is 61.1 Å². The first-order valence-corrected chi connectivity index (χ1v) is 8.77. The minimum Gasteiger partial charge on any atom is -0.494 e. The number of anilines is 1. The van der Waals surface area contributed by atoms with E-state index in [1.165, 1.54) is 0 Å². The third-order valence-electron chi connectivity index (χ3n) is 3.89. The molecular weight excluding hydrogens is 357 g/mol. The van der Waals surface area contributed by atoms with E-state index in [2.05, 4.69) is 10.3 Å². The van der Waals surface area contributed by atoms with Gasteiger partial charge < -0.3 is 14.6 Å². The molecule has 3 rings (SSSR count). The van der Waals surface area contributed by atoms with Crippen molar-refractivity contribution in [3.8, 4) is 17.0 Å². The molecule has 25 heavy (non-hydrogen) atoms. The molecular formula is C19H19Cl2N3O. The fraction of sp³-hybridized carbons (Fsp3) is 0.211. The summed E-state index contributed by atoms with van der Waals surface area (Å²) >= 11 is 12.1. The molecule has 0 aliphatic heterocycles. The van der Waals surface area contributed by atoms with Crippen molar-refractivity contribution < 1.29 is 4.74 Å². The highest BCUT2D eigenvalue weighted by atomic mass is 35.5. The summed E-state index contributed by atoms with van der Waals surface area (Å²) in [6.07, 6.45) is 1.82. The van der Waals surface area contributed by atoms with Gasteiger partial charge in [0.1, 0.15) is 5.75 Å². The number of imidazole rings is 1. The topological polar surface area (TPSA) is 39.1 Å². The maximum Gasteiger partial charge on any atom is 0.203 e. The molecule has 4 nitrogen and oxygen atoms in total. The zero-order chi connectivity index (χ0) is 17.8. The monoisotopic (exact) mass is 375 g/mol. The minimum absolute atomic E-state index is 0.532. The van der Waals surface area contributed by atoms with Gasteiger partial charge in [-0.05, 0) is 36.8 Å². The van der Waals surface area contributed by atoms with Crippen LogP contribution in [0.2, 0.25) is 10.0 Å². The van der Waals surface area contributed by atoms with Gasteiger partial charge in [0.15, 0.2) is 0 Å². The number of hydrogen-bond acceptors (Lipinski definition) is 3.